The van der Waals surface area contributed by atoms with Crippen molar-refractivity contribution in [3.05, 3.63) is 0 Å². The molecule has 1 amide bonds. The summed E-state index contributed by atoms with van der Waals surface area (Å²) in [5.41, 5.74) is 5.39. The van der Waals surface area contributed by atoms with Crippen LogP contribution in [0.15, 0.2) is 0 Å². The Morgan fingerprint density at radius 2 is 1.87 bits per heavy atom. The number of nitrogens with two attached hydrogens (primary N) is 1. The van der Waals surface area contributed by atoms with Gasteiger partial charge >= 0.3 is 0 Å². The maximum atomic E-state index is 11.3. The maximum Gasteiger partial charge on any atom is 0.220 e. The summed E-state index contributed by atoms with van der Waals surface area (Å²) in [5.74, 6) is 0.808. The first-order valence-electron chi connectivity index (χ1n) is 6.13. The molecule has 0 aromatic carbocycles. The summed E-state index contributed by atoms with van der Waals surface area (Å²) < 4.78 is 0. The molecule has 0 aliphatic rings. The minimum absolute atomic E-state index is 0.197. The van der Waals surface area contributed by atoms with Gasteiger partial charge < -0.3 is 11.1 Å². The zero-order valence-electron chi connectivity index (χ0n) is 10.2. The highest BCUT2D eigenvalue weighted by Gasteiger charge is 2.01. The minimum Gasteiger partial charge on any atom is -0.356 e. The van der Waals surface area contributed by atoms with Crippen LogP contribution in [0.3, 0.4) is 0 Å². The van der Waals surface area contributed by atoms with Gasteiger partial charge in [-0.05, 0) is 31.7 Å². The molecular formula is C12H26N2O. The second kappa shape index (κ2) is 9.97. The third kappa shape index (κ3) is 11.4. The zero-order chi connectivity index (χ0) is 11.5. The lowest BCUT2D eigenvalue weighted by Gasteiger charge is -2.06. The van der Waals surface area contributed by atoms with Crippen LogP contribution < -0.4 is 11.1 Å². The molecule has 0 bridgehead atoms. The largest absolute Gasteiger partial charge is 0.356 e. The highest BCUT2D eigenvalue weighted by molar-refractivity contribution is 5.75. The topological polar surface area (TPSA) is 55.1 Å². The van der Waals surface area contributed by atoms with Gasteiger partial charge in [0.05, 0.1) is 0 Å². The number of carbonyl (C=O) groups is 1. The smallest absolute Gasteiger partial charge is 0.220 e. The summed E-state index contributed by atoms with van der Waals surface area (Å²) in [6.45, 7) is 5.88. The molecule has 0 atom stereocenters. The molecule has 0 radical (unpaired) electrons. The lowest BCUT2D eigenvalue weighted by atomic mass is 10.1. The van der Waals surface area contributed by atoms with Crippen molar-refractivity contribution in [3.8, 4) is 0 Å². The van der Waals surface area contributed by atoms with Crippen molar-refractivity contribution in [2.24, 2.45) is 11.7 Å². The molecule has 90 valence electrons. The van der Waals surface area contributed by atoms with Gasteiger partial charge in [0.1, 0.15) is 0 Å². The molecule has 3 heteroatoms. The Kier molecular flexibility index (Phi) is 9.59. The molecule has 0 rings (SSSR count). The summed E-state index contributed by atoms with van der Waals surface area (Å²) in [4.78, 5) is 11.3. The quantitative estimate of drug-likeness (QED) is 0.577. The van der Waals surface area contributed by atoms with Crippen LogP contribution in [0.5, 0.6) is 0 Å². The second-order valence-electron chi connectivity index (χ2n) is 4.49. The highest BCUT2D eigenvalue weighted by atomic mass is 16.1. The fraction of sp³-hybridized carbons (Fsp3) is 0.917. The van der Waals surface area contributed by atoms with Crippen molar-refractivity contribution in [2.75, 3.05) is 13.1 Å². The fourth-order valence-corrected chi connectivity index (χ4v) is 1.36. The van der Waals surface area contributed by atoms with Crippen molar-refractivity contribution in [2.45, 2.75) is 52.4 Å². The Morgan fingerprint density at radius 3 is 2.47 bits per heavy atom. The van der Waals surface area contributed by atoms with Gasteiger partial charge in [0.25, 0.3) is 0 Å². The average molecular weight is 214 g/mol. The van der Waals surface area contributed by atoms with Crippen LogP contribution in [0.4, 0.5) is 0 Å². The summed E-state index contributed by atoms with van der Waals surface area (Å²) in [5, 5.41) is 2.94. The predicted octanol–water partition coefficient (Wildman–Crippen LogP) is 2.06. The first-order valence-corrected chi connectivity index (χ1v) is 6.13. The van der Waals surface area contributed by atoms with Crippen LogP contribution in [0.25, 0.3) is 0 Å². The Bertz CT molecular complexity index is 158. The normalized spacial score (nSPS) is 10.7. The van der Waals surface area contributed by atoms with Gasteiger partial charge in [-0.3, -0.25) is 4.79 Å². The van der Waals surface area contributed by atoms with Crippen LogP contribution in [0.2, 0.25) is 0 Å². The number of carbonyl (C=O) groups excluding carboxylic acids is 1. The Labute approximate surface area is 93.8 Å². The van der Waals surface area contributed by atoms with E-state index in [2.05, 4.69) is 19.2 Å². The lowest BCUT2D eigenvalue weighted by Crippen LogP contribution is -2.24. The number of hydrogen-bond acceptors (Lipinski definition) is 2. The zero-order valence-corrected chi connectivity index (χ0v) is 10.2. The molecule has 0 heterocycles. The van der Waals surface area contributed by atoms with Crippen molar-refractivity contribution in [3.63, 3.8) is 0 Å². The van der Waals surface area contributed by atoms with Crippen LogP contribution in [-0.2, 0) is 4.79 Å². The average Bonchev–Trinajstić information content (AvgIpc) is 2.20. The molecular weight excluding hydrogens is 188 g/mol. The third-order valence-corrected chi connectivity index (χ3v) is 2.40. The van der Waals surface area contributed by atoms with Crippen molar-refractivity contribution in [1.29, 1.82) is 0 Å². The molecule has 0 aromatic heterocycles. The van der Waals surface area contributed by atoms with E-state index >= 15 is 0 Å². The molecule has 0 unspecified atom stereocenters. The van der Waals surface area contributed by atoms with Gasteiger partial charge in [-0.1, -0.05) is 26.7 Å². The van der Waals surface area contributed by atoms with E-state index in [1.165, 1.54) is 12.8 Å². The van der Waals surface area contributed by atoms with Gasteiger partial charge in [0.15, 0.2) is 0 Å². The number of hydrogen-bond donors (Lipinski definition) is 2. The SMILES string of the molecule is CC(C)CCC(=O)NCCCCCCN. The Morgan fingerprint density at radius 1 is 1.20 bits per heavy atom. The maximum absolute atomic E-state index is 11.3. The molecule has 0 saturated carbocycles. The monoisotopic (exact) mass is 214 g/mol. The van der Waals surface area contributed by atoms with Crippen LogP contribution >= 0.6 is 0 Å². The standard InChI is InChI=1S/C12H26N2O/c1-11(2)7-8-12(15)14-10-6-4-3-5-9-13/h11H,3-10,13H2,1-2H3,(H,14,15). The molecule has 0 aliphatic carbocycles. The molecule has 0 aromatic rings. The molecule has 15 heavy (non-hydrogen) atoms. The van der Waals surface area contributed by atoms with Crippen LogP contribution in [-0.4, -0.2) is 19.0 Å². The first kappa shape index (κ1) is 14.4. The van der Waals surface area contributed by atoms with E-state index in [4.69, 9.17) is 5.73 Å². The van der Waals surface area contributed by atoms with Gasteiger partial charge in [-0.25, -0.2) is 0 Å². The number of nitrogens with one attached hydrogen (secondary N) is 1. The molecule has 0 saturated heterocycles. The molecule has 3 N–H and O–H groups in total. The fourth-order valence-electron chi connectivity index (χ4n) is 1.36. The number of amides is 1. The van der Waals surface area contributed by atoms with Gasteiger partial charge in [0, 0.05) is 13.0 Å². The summed E-state index contributed by atoms with van der Waals surface area (Å²) in [6.07, 6.45) is 6.17. The van der Waals surface area contributed by atoms with E-state index in [1.54, 1.807) is 0 Å². The Balaban J connectivity index is 3.17. The molecule has 3 nitrogen and oxygen atoms in total. The van der Waals surface area contributed by atoms with E-state index in [1.807, 2.05) is 0 Å². The molecule has 0 fully saturated rings. The summed E-state index contributed by atoms with van der Waals surface area (Å²) in [7, 11) is 0. The van der Waals surface area contributed by atoms with Crippen LogP contribution in [0, 0.1) is 5.92 Å². The van der Waals surface area contributed by atoms with Crippen molar-refractivity contribution in [1.82, 2.24) is 5.32 Å². The van der Waals surface area contributed by atoms with Crippen molar-refractivity contribution < 1.29 is 4.79 Å². The van der Waals surface area contributed by atoms with E-state index in [-0.39, 0.29) is 5.91 Å². The summed E-state index contributed by atoms with van der Waals surface area (Å²) in [6, 6.07) is 0. The lowest BCUT2D eigenvalue weighted by molar-refractivity contribution is -0.121. The van der Waals surface area contributed by atoms with E-state index < -0.39 is 0 Å². The van der Waals surface area contributed by atoms with Gasteiger partial charge in [-0.2, -0.15) is 0 Å². The van der Waals surface area contributed by atoms with Crippen molar-refractivity contribution >= 4 is 5.91 Å². The minimum atomic E-state index is 0.197. The van der Waals surface area contributed by atoms with Crippen LogP contribution in [0.1, 0.15) is 52.4 Å². The van der Waals surface area contributed by atoms with Gasteiger partial charge in [0.2, 0.25) is 5.91 Å². The number of rotatable bonds is 9. The second-order valence-corrected chi connectivity index (χ2v) is 4.49. The van der Waals surface area contributed by atoms with Gasteiger partial charge in [-0.15, -0.1) is 0 Å². The van der Waals surface area contributed by atoms with E-state index in [0.717, 1.165) is 32.4 Å². The number of unbranched alkanes of at least 4 members (excludes halogenated alkanes) is 3. The van der Waals surface area contributed by atoms with E-state index in [0.29, 0.717) is 12.3 Å². The Hall–Kier alpha value is -0.570. The third-order valence-electron chi connectivity index (χ3n) is 2.40. The van der Waals surface area contributed by atoms with E-state index in [9.17, 15) is 4.79 Å². The predicted molar refractivity (Wildman–Crippen MR) is 64.6 cm³/mol. The first-order chi connectivity index (χ1) is 7.16. The molecule has 0 spiro atoms. The molecule has 0 aliphatic heterocycles. The highest BCUT2D eigenvalue weighted by Crippen LogP contribution is 2.03. The summed E-state index contributed by atoms with van der Waals surface area (Å²) >= 11 is 0.